The number of halogens is 2. The van der Waals surface area contributed by atoms with Crippen LogP contribution >= 0.6 is 15.9 Å². The summed E-state index contributed by atoms with van der Waals surface area (Å²) < 4.78 is 15.8. The molecule has 0 aliphatic carbocycles. The van der Waals surface area contributed by atoms with Crippen LogP contribution in [0.4, 0.5) is 10.1 Å². The van der Waals surface area contributed by atoms with Gasteiger partial charge in [0.05, 0.1) is 22.9 Å². The number of benzene rings is 1. The number of anilines is 1. The van der Waals surface area contributed by atoms with Crippen molar-refractivity contribution in [3.8, 4) is 0 Å². The van der Waals surface area contributed by atoms with Crippen molar-refractivity contribution < 1.29 is 9.18 Å². The summed E-state index contributed by atoms with van der Waals surface area (Å²) in [6.45, 7) is 4.44. The Morgan fingerprint density at radius 3 is 2.85 bits per heavy atom. The molecule has 0 bridgehead atoms. The molecule has 0 radical (unpaired) electrons. The lowest BCUT2D eigenvalue weighted by molar-refractivity contribution is -0.120. The number of amides is 1. The summed E-state index contributed by atoms with van der Waals surface area (Å²) in [5.41, 5.74) is 1.57. The largest absolute Gasteiger partial charge is 0.356 e. The van der Waals surface area contributed by atoms with Crippen molar-refractivity contribution in [1.29, 1.82) is 0 Å². The lowest BCUT2D eigenvalue weighted by Gasteiger charge is -2.35. The van der Waals surface area contributed by atoms with Crippen molar-refractivity contribution in [2.24, 2.45) is 12.0 Å². The first kappa shape index (κ1) is 19.3. The van der Waals surface area contributed by atoms with E-state index in [9.17, 15) is 9.18 Å². The molecule has 27 heavy (non-hydrogen) atoms. The Morgan fingerprint density at radius 1 is 1.41 bits per heavy atom. The van der Waals surface area contributed by atoms with Crippen LogP contribution in [0.2, 0.25) is 0 Å². The Balaban J connectivity index is 1.69. The lowest BCUT2D eigenvalue weighted by atomic mass is 10.2. The third kappa shape index (κ3) is 4.65. The smallest absolute Gasteiger partial charge is 0.246 e. The molecule has 0 unspecified atom stereocenters. The number of nitrogens with one attached hydrogen (secondary N) is 1. The summed E-state index contributed by atoms with van der Waals surface area (Å²) in [6.07, 6.45) is 3.52. The lowest BCUT2D eigenvalue weighted by Crippen LogP contribution is -2.55. The highest BCUT2D eigenvalue weighted by atomic mass is 79.9. The van der Waals surface area contributed by atoms with Crippen LogP contribution in [-0.2, 0) is 18.4 Å². The van der Waals surface area contributed by atoms with Crippen LogP contribution in [-0.4, -0.2) is 52.7 Å². The van der Waals surface area contributed by atoms with Gasteiger partial charge in [-0.25, -0.2) is 9.38 Å². The maximum absolute atomic E-state index is 13.7. The van der Waals surface area contributed by atoms with Crippen molar-refractivity contribution in [3.63, 3.8) is 0 Å². The third-order valence-corrected chi connectivity index (χ3v) is 4.90. The zero-order valence-electron chi connectivity index (χ0n) is 15.3. The first-order valence-electron chi connectivity index (χ1n) is 8.74. The normalized spacial score (nSPS) is 15.4. The monoisotopic (exact) mass is 436 g/mol. The average Bonchev–Trinajstić information content (AvgIpc) is 3.07. The van der Waals surface area contributed by atoms with Crippen LogP contribution in [0.5, 0.6) is 0 Å². The van der Waals surface area contributed by atoms with E-state index in [-0.39, 0.29) is 18.3 Å². The standard InChI is InChI=1S/C18H22BrFN6O/c1-3-21-18(22-9-13-4-5-15(19)16(20)8-13)25-6-7-26(17(27)12-25)14-10-23-24(2)11-14/h4-5,8,10-11H,3,6-7,9,12H2,1-2H3,(H,21,22). The minimum Gasteiger partial charge on any atom is -0.356 e. The molecule has 144 valence electrons. The number of hydrogen-bond acceptors (Lipinski definition) is 3. The summed E-state index contributed by atoms with van der Waals surface area (Å²) in [7, 11) is 1.82. The maximum Gasteiger partial charge on any atom is 0.246 e. The number of aliphatic imine (C=N–C) groups is 1. The van der Waals surface area contributed by atoms with Gasteiger partial charge in [-0.3, -0.25) is 9.48 Å². The van der Waals surface area contributed by atoms with Crippen LogP contribution < -0.4 is 10.2 Å². The van der Waals surface area contributed by atoms with Gasteiger partial charge in [0.25, 0.3) is 0 Å². The van der Waals surface area contributed by atoms with Gasteiger partial charge in [-0.1, -0.05) is 6.07 Å². The van der Waals surface area contributed by atoms with Crippen LogP contribution in [0.15, 0.2) is 40.1 Å². The van der Waals surface area contributed by atoms with Gasteiger partial charge in [-0.15, -0.1) is 0 Å². The van der Waals surface area contributed by atoms with E-state index in [2.05, 4.69) is 31.3 Å². The van der Waals surface area contributed by atoms with E-state index in [1.807, 2.05) is 31.1 Å². The number of aromatic nitrogens is 2. The molecular weight excluding hydrogens is 415 g/mol. The quantitative estimate of drug-likeness (QED) is 0.588. The average molecular weight is 437 g/mol. The molecule has 1 amide bonds. The predicted octanol–water partition coefficient (Wildman–Crippen LogP) is 2.14. The van der Waals surface area contributed by atoms with E-state index < -0.39 is 0 Å². The predicted molar refractivity (Wildman–Crippen MR) is 106 cm³/mol. The van der Waals surface area contributed by atoms with Gasteiger partial charge in [0.2, 0.25) is 5.91 Å². The number of nitrogens with zero attached hydrogens (tertiary/aromatic N) is 5. The second-order valence-corrected chi connectivity index (χ2v) is 7.11. The molecule has 1 aliphatic rings. The van der Waals surface area contributed by atoms with Gasteiger partial charge in [0.15, 0.2) is 5.96 Å². The Labute approximate surface area is 166 Å². The summed E-state index contributed by atoms with van der Waals surface area (Å²) in [4.78, 5) is 20.8. The number of hydrogen-bond donors (Lipinski definition) is 1. The van der Waals surface area contributed by atoms with Gasteiger partial charge < -0.3 is 15.1 Å². The molecule has 0 atom stereocenters. The first-order chi connectivity index (χ1) is 13.0. The van der Waals surface area contributed by atoms with Gasteiger partial charge in [-0.05, 0) is 40.5 Å². The molecule has 2 heterocycles. The number of carbonyl (C=O) groups excluding carboxylic acids is 1. The Morgan fingerprint density at radius 2 is 2.22 bits per heavy atom. The highest BCUT2D eigenvalue weighted by Gasteiger charge is 2.27. The molecule has 1 saturated heterocycles. The fourth-order valence-corrected chi connectivity index (χ4v) is 3.15. The van der Waals surface area contributed by atoms with Crippen LogP contribution in [0.1, 0.15) is 12.5 Å². The minimum absolute atomic E-state index is 0.00506. The van der Waals surface area contributed by atoms with Gasteiger partial charge in [0, 0.05) is 32.9 Å². The minimum atomic E-state index is -0.312. The molecule has 0 saturated carbocycles. The van der Waals surface area contributed by atoms with E-state index in [1.54, 1.807) is 21.8 Å². The summed E-state index contributed by atoms with van der Waals surface area (Å²) in [5, 5.41) is 7.34. The van der Waals surface area contributed by atoms with Crippen LogP contribution in [0.3, 0.4) is 0 Å². The van der Waals surface area contributed by atoms with Crippen LogP contribution in [0, 0.1) is 5.82 Å². The van der Waals surface area contributed by atoms with Crippen molar-refractivity contribution in [2.45, 2.75) is 13.5 Å². The fourth-order valence-electron chi connectivity index (χ4n) is 2.90. The van der Waals surface area contributed by atoms with E-state index in [0.29, 0.717) is 36.6 Å². The van der Waals surface area contributed by atoms with Gasteiger partial charge >= 0.3 is 0 Å². The summed E-state index contributed by atoms with van der Waals surface area (Å²) >= 11 is 3.15. The number of piperazine rings is 1. The second-order valence-electron chi connectivity index (χ2n) is 6.26. The summed E-state index contributed by atoms with van der Waals surface area (Å²) in [6, 6.07) is 4.96. The number of rotatable bonds is 4. The van der Waals surface area contributed by atoms with E-state index in [0.717, 1.165) is 11.3 Å². The number of aryl methyl sites for hydroxylation is 1. The Kier molecular flexibility index (Phi) is 6.10. The molecule has 1 N–H and O–H groups in total. The third-order valence-electron chi connectivity index (χ3n) is 4.25. The first-order valence-corrected chi connectivity index (χ1v) is 9.53. The fraction of sp³-hybridized carbons (Fsp3) is 0.389. The molecule has 1 fully saturated rings. The van der Waals surface area contributed by atoms with Crippen molar-refractivity contribution in [2.75, 3.05) is 31.1 Å². The molecule has 0 spiro atoms. The summed E-state index contributed by atoms with van der Waals surface area (Å²) in [5.74, 6) is 0.336. The van der Waals surface area contributed by atoms with E-state index in [1.165, 1.54) is 6.07 Å². The molecule has 9 heteroatoms. The zero-order valence-corrected chi connectivity index (χ0v) is 16.9. The molecule has 7 nitrogen and oxygen atoms in total. The molecule has 1 aromatic carbocycles. The highest BCUT2D eigenvalue weighted by molar-refractivity contribution is 9.10. The topological polar surface area (TPSA) is 65.8 Å². The SMILES string of the molecule is CCNC(=NCc1ccc(Br)c(F)c1)N1CCN(c2cnn(C)c2)C(=O)C1. The van der Waals surface area contributed by atoms with Crippen molar-refractivity contribution in [3.05, 3.63) is 46.4 Å². The zero-order chi connectivity index (χ0) is 19.4. The Hall–Kier alpha value is -2.42. The van der Waals surface area contributed by atoms with E-state index >= 15 is 0 Å². The molecule has 1 aliphatic heterocycles. The van der Waals surface area contributed by atoms with Crippen molar-refractivity contribution in [1.82, 2.24) is 20.0 Å². The second kappa shape index (κ2) is 8.51. The number of carbonyl (C=O) groups is 1. The van der Waals surface area contributed by atoms with Crippen LogP contribution in [0.25, 0.3) is 0 Å². The molecule has 2 aromatic rings. The number of guanidine groups is 1. The highest BCUT2D eigenvalue weighted by Crippen LogP contribution is 2.18. The van der Waals surface area contributed by atoms with Crippen molar-refractivity contribution >= 4 is 33.5 Å². The van der Waals surface area contributed by atoms with E-state index in [4.69, 9.17) is 0 Å². The molecular formula is C18H22BrFN6O. The van der Waals surface area contributed by atoms with Gasteiger partial charge in [0.1, 0.15) is 12.4 Å². The Bertz CT molecular complexity index is 852. The maximum atomic E-state index is 13.7. The molecule has 1 aromatic heterocycles. The molecule has 3 rings (SSSR count). The van der Waals surface area contributed by atoms with Gasteiger partial charge in [-0.2, -0.15) is 5.10 Å².